The van der Waals surface area contributed by atoms with Gasteiger partial charge in [0, 0.05) is 17.8 Å². The first-order chi connectivity index (χ1) is 8.26. The van der Waals surface area contributed by atoms with Crippen molar-refractivity contribution in [3.05, 3.63) is 72.2 Å². The van der Waals surface area contributed by atoms with E-state index in [0.717, 1.165) is 24.2 Å². The van der Waals surface area contributed by atoms with Crippen molar-refractivity contribution >= 4 is 0 Å². The molecular formula is C16H21N. The summed E-state index contributed by atoms with van der Waals surface area (Å²) in [7, 11) is 0. The van der Waals surface area contributed by atoms with Crippen LogP contribution in [0, 0.1) is 0 Å². The Morgan fingerprint density at radius 1 is 1.35 bits per heavy atom. The van der Waals surface area contributed by atoms with E-state index in [9.17, 15) is 0 Å². The van der Waals surface area contributed by atoms with E-state index in [1.807, 2.05) is 31.2 Å². The zero-order chi connectivity index (χ0) is 12.7. The van der Waals surface area contributed by atoms with Crippen LogP contribution in [0.1, 0.15) is 26.7 Å². The molecule has 0 atom stereocenters. The fourth-order valence-corrected chi connectivity index (χ4v) is 1.89. The van der Waals surface area contributed by atoms with Gasteiger partial charge in [-0.3, -0.25) is 0 Å². The van der Waals surface area contributed by atoms with Crippen LogP contribution in [0.2, 0.25) is 0 Å². The van der Waals surface area contributed by atoms with E-state index in [4.69, 9.17) is 0 Å². The largest absolute Gasteiger partial charge is 0.355 e. The molecule has 0 saturated heterocycles. The second kappa shape index (κ2) is 6.74. The second-order valence-corrected chi connectivity index (χ2v) is 3.90. The normalized spacial score (nSPS) is 21.1. The molecular weight excluding hydrogens is 206 g/mol. The molecule has 0 spiro atoms. The summed E-state index contributed by atoms with van der Waals surface area (Å²) in [6, 6.07) is 0. The van der Waals surface area contributed by atoms with Crippen LogP contribution in [0.4, 0.5) is 0 Å². The van der Waals surface area contributed by atoms with Crippen molar-refractivity contribution in [2.24, 2.45) is 0 Å². The fraction of sp³-hybridized carbons (Fsp3) is 0.250. The highest BCUT2D eigenvalue weighted by atomic mass is 14.9. The quantitative estimate of drug-likeness (QED) is 0.750. The molecule has 0 aliphatic carbocycles. The summed E-state index contributed by atoms with van der Waals surface area (Å²) >= 11 is 0. The number of nitrogens with one attached hydrogen (secondary N) is 1. The lowest BCUT2D eigenvalue weighted by molar-refractivity contribution is 0.897. The lowest BCUT2D eigenvalue weighted by atomic mass is 9.95. The van der Waals surface area contributed by atoms with Crippen molar-refractivity contribution in [3.8, 4) is 0 Å². The molecule has 1 N–H and O–H groups in total. The van der Waals surface area contributed by atoms with Gasteiger partial charge in [-0.15, -0.1) is 0 Å². The third-order valence-electron chi connectivity index (χ3n) is 2.66. The molecule has 0 saturated carbocycles. The van der Waals surface area contributed by atoms with Crippen LogP contribution in [0.3, 0.4) is 0 Å². The maximum absolute atomic E-state index is 3.88. The summed E-state index contributed by atoms with van der Waals surface area (Å²) in [5, 5.41) is 3.43. The summed E-state index contributed by atoms with van der Waals surface area (Å²) in [4.78, 5) is 0. The Hall–Kier alpha value is -1.76. The second-order valence-electron chi connectivity index (χ2n) is 3.90. The first-order valence-corrected chi connectivity index (χ1v) is 6.04. The van der Waals surface area contributed by atoms with Gasteiger partial charge in [-0.25, -0.2) is 0 Å². The van der Waals surface area contributed by atoms with Gasteiger partial charge in [0.15, 0.2) is 0 Å². The molecule has 0 amide bonds. The third kappa shape index (κ3) is 3.35. The monoisotopic (exact) mass is 227 g/mol. The summed E-state index contributed by atoms with van der Waals surface area (Å²) < 4.78 is 0. The summed E-state index contributed by atoms with van der Waals surface area (Å²) in [5.41, 5.74) is 4.82. The molecule has 1 aliphatic heterocycles. The standard InChI is InChI=1S/C16H21N/c1-5-9-14-12-13(8-4)15(10-6-2)17-16(14)11-7-3/h6-11,17H,3-5,12H2,1-2H3/b10-6-,14-9-,16-11+. The molecule has 1 nitrogen and oxygen atoms in total. The van der Waals surface area contributed by atoms with Gasteiger partial charge in [0.1, 0.15) is 0 Å². The number of hydrogen-bond acceptors (Lipinski definition) is 1. The van der Waals surface area contributed by atoms with Crippen LogP contribution >= 0.6 is 0 Å². The Morgan fingerprint density at radius 3 is 2.65 bits per heavy atom. The van der Waals surface area contributed by atoms with Crippen LogP contribution in [-0.2, 0) is 0 Å². The highest BCUT2D eigenvalue weighted by Gasteiger charge is 2.15. The van der Waals surface area contributed by atoms with E-state index in [0.29, 0.717) is 0 Å². The molecule has 1 heterocycles. The van der Waals surface area contributed by atoms with E-state index in [1.54, 1.807) is 0 Å². The van der Waals surface area contributed by atoms with Crippen molar-refractivity contribution in [1.29, 1.82) is 0 Å². The smallest absolute Gasteiger partial charge is 0.0416 e. The summed E-state index contributed by atoms with van der Waals surface area (Å²) in [6.45, 7) is 11.8. The molecule has 90 valence electrons. The molecule has 17 heavy (non-hydrogen) atoms. The number of rotatable bonds is 4. The highest BCUT2D eigenvalue weighted by Crippen LogP contribution is 2.27. The van der Waals surface area contributed by atoms with Gasteiger partial charge in [0.2, 0.25) is 0 Å². The Balaban J connectivity index is 3.18. The predicted octanol–water partition coefficient (Wildman–Crippen LogP) is 4.40. The Bertz CT molecular complexity index is 417. The number of allylic oxidation sites excluding steroid dienone is 8. The molecule has 1 heteroatoms. The SMILES string of the molecule is C=C/C=C1/NC(/C=C\C)=C(C=C)C/C1=C/CC. The van der Waals surface area contributed by atoms with Crippen molar-refractivity contribution in [3.63, 3.8) is 0 Å². The third-order valence-corrected chi connectivity index (χ3v) is 2.66. The minimum atomic E-state index is 0.934. The van der Waals surface area contributed by atoms with E-state index < -0.39 is 0 Å². The zero-order valence-electron chi connectivity index (χ0n) is 10.8. The van der Waals surface area contributed by atoms with Gasteiger partial charge in [0.25, 0.3) is 0 Å². The minimum Gasteiger partial charge on any atom is -0.355 e. The van der Waals surface area contributed by atoms with Gasteiger partial charge in [-0.1, -0.05) is 44.4 Å². The minimum absolute atomic E-state index is 0.934. The van der Waals surface area contributed by atoms with Crippen molar-refractivity contribution in [2.45, 2.75) is 26.7 Å². The van der Waals surface area contributed by atoms with E-state index >= 15 is 0 Å². The summed E-state index contributed by atoms with van der Waals surface area (Å²) in [5.74, 6) is 0. The highest BCUT2D eigenvalue weighted by molar-refractivity contribution is 5.48. The maximum Gasteiger partial charge on any atom is 0.0416 e. The maximum atomic E-state index is 3.88. The molecule has 0 unspecified atom stereocenters. The topological polar surface area (TPSA) is 12.0 Å². The van der Waals surface area contributed by atoms with Gasteiger partial charge < -0.3 is 5.32 Å². The molecule has 0 fully saturated rings. The summed E-state index contributed by atoms with van der Waals surface area (Å²) in [6.07, 6.45) is 14.1. The zero-order valence-corrected chi connectivity index (χ0v) is 10.8. The average Bonchev–Trinajstić information content (AvgIpc) is 2.33. The van der Waals surface area contributed by atoms with E-state index in [2.05, 4.69) is 37.6 Å². The molecule has 0 bridgehead atoms. The Labute approximate surface area is 105 Å². The predicted molar refractivity (Wildman–Crippen MR) is 76.4 cm³/mol. The average molecular weight is 227 g/mol. The molecule has 1 rings (SSSR count). The first-order valence-electron chi connectivity index (χ1n) is 6.04. The van der Waals surface area contributed by atoms with E-state index in [1.165, 1.54) is 11.1 Å². The van der Waals surface area contributed by atoms with Gasteiger partial charge in [-0.2, -0.15) is 0 Å². The lowest BCUT2D eigenvalue weighted by Crippen LogP contribution is -2.20. The molecule has 0 aromatic heterocycles. The molecule has 0 radical (unpaired) electrons. The first kappa shape index (κ1) is 13.3. The van der Waals surface area contributed by atoms with Gasteiger partial charge in [-0.05, 0) is 36.6 Å². The number of hydrogen-bond donors (Lipinski definition) is 1. The Morgan fingerprint density at radius 2 is 2.12 bits per heavy atom. The van der Waals surface area contributed by atoms with Crippen LogP contribution in [-0.4, -0.2) is 0 Å². The van der Waals surface area contributed by atoms with Gasteiger partial charge >= 0.3 is 0 Å². The van der Waals surface area contributed by atoms with Crippen molar-refractivity contribution in [1.82, 2.24) is 5.32 Å². The van der Waals surface area contributed by atoms with Crippen LogP contribution in [0.15, 0.2) is 72.2 Å². The van der Waals surface area contributed by atoms with Crippen molar-refractivity contribution in [2.75, 3.05) is 0 Å². The molecule has 1 aliphatic rings. The van der Waals surface area contributed by atoms with Crippen LogP contribution in [0.25, 0.3) is 0 Å². The van der Waals surface area contributed by atoms with Crippen LogP contribution < -0.4 is 5.32 Å². The van der Waals surface area contributed by atoms with Crippen molar-refractivity contribution < 1.29 is 0 Å². The van der Waals surface area contributed by atoms with E-state index in [-0.39, 0.29) is 0 Å². The van der Waals surface area contributed by atoms with Crippen LogP contribution in [0.5, 0.6) is 0 Å². The lowest BCUT2D eigenvalue weighted by Gasteiger charge is -2.24. The molecule has 0 aromatic carbocycles. The Kier molecular flexibility index (Phi) is 5.28. The fourth-order valence-electron chi connectivity index (χ4n) is 1.89. The van der Waals surface area contributed by atoms with Gasteiger partial charge in [0.05, 0.1) is 0 Å². The molecule has 0 aromatic rings.